The van der Waals surface area contributed by atoms with E-state index in [9.17, 15) is 4.79 Å². The van der Waals surface area contributed by atoms with Gasteiger partial charge in [0.2, 0.25) is 0 Å². The lowest BCUT2D eigenvalue weighted by Crippen LogP contribution is -2.47. The quantitative estimate of drug-likeness (QED) is 0.824. The second-order valence-electron chi connectivity index (χ2n) is 7.83. The van der Waals surface area contributed by atoms with Crippen LogP contribution in [0.4, 0.5) is 0 Å². The molecule has 3 aliphatic heterocycles. The van der Waals surface area contributed by atoms with Gasteiger partial charge in [-0.25, -0.2) is 0 Å². The molecule has 0 unspecified atom stereocenters. The van der Waals surface area contributed by atoms with Crippen LogP contribution >= 0.6 is 0 Å². The van der Waals surface area contributed by atoms with Crippen LogP contribution in [0.2, 0.25) is 0 Å². The Labute approximate surface area is 155 Å². The first-order valence-corrected chi connectivity index (χ1v) is 9.48. The first-order chi connectivity index (χ1) is 12.6. The number of nitrogens with zero attached hydrogens (tertiary/aromatic N) is 2. The zero-order valence-electron chi connectivity index (χ0n) is 15.7. The monoisotopic (exact) mass is 360 g/mol. The predicted molar refractivity (Wildman–Crippen MR) is 97.9 cm³/mol. The molecule has 1 aromatic rings. The summed E-state index contributed by atoms with van der Waals surface area (Å²) in [4.78, 5) is 17.5. The summed E-state index contributed by atoms with van der Waals surface area (Å²) >= 11 is 0. The largest absolute Gasteiger partial charge is 0.486 e. The van der Waals surface area contributed by atoms with Crippen molar-refractivity contribution in [3.05, 3.63) is 23.8 Å². The number of benzene rings is 1. The molecule has 26 heavy (non-hydrogen) atoms. The van der Waals surface area contributed by atoms with E-state index in [0.29, 0.717) is 36.2 Å². The molecule has 0 radical (unpaired) electrons. The van der Waals surface area contributed by atoms with Gasteiger partial charge in [0.25, 0.3) is 5.91 Å². The van der Waals surface area contributed by atoms with Gasteiger partial charge in [-0.2, -0.15) is 0 Å². The molecular weight excluding hydrogens is 332 g/mol. The molecule has 6 heteroatoms. The van der Waals surface area contributed by atoms with Crippen LogP contribution in [-0.2, 0) is 4.74 Å². The van der Waals surface area contributed by atoms with Crippen LogP contribution < -0.4 is 9.47 Å². The SMILES string of the molecule is COC[C@@H]1CN(C)CC12CCN(C(=O)c1cccc3c1OCCO3)CC2. The van der Waals surface area contributed by atoms with Gasteiger partial charge >= 0.3 is 0 Å². The normalized spacial score (nSPS) is 24.8. The highest BCUT2D eigenvalue weighted by Gasteiger charge is 2.47. The van der Waals surface area contributed by atoms with Crippen molar-refractivity contribution in [2.45, 2.75) is 12.8 Å². The highest BCUT2D eigenvalue weighted by atomic mass is 16.6. The van der Waals surface area contributed by atoms with Gasteiger partial charge in [-0.05, 0) is 37.4 Å². The van der Waals surface area contributed by atoms with Gasteiger partial charge in [-0.15, -0.1) is 0 Å². The second-order valence-corrected chi connectivity index (χ2v) is 7.83. The van der Waals surface area contributed by atoms with Gasteiger partial charge < -0.3 is 24.0 Å². The maximum absolute atomic E-state index is 13.1. The van der Waals surface area contributed by atoms with Crippen molar-refractivity contribution in [3.8, 4) is 11.5 Å². The number of ether oxygens (including phenoxy) is 3. The number of piperidine rings is 1. The number of para-hydroxylation sites is 1. The van der Waals surface area contributed by atoms with Gasteiger partial charge in [0, 0.05) is 39.2 Å². The van der Waals surface area contributed by atoms with Crippen LogP contribution in [0.3, 0.4) is 0 Å². The summed E-state index contributed by atoms with van der Waals surface area (Å²) in [5.41, 5.74) is 0.896. The van der Waals surface area contributed by atoms with Crippen molar-refractivity contribution >= 4 is 5.91 Å². The molecule has 142 valence electrons. The van der Waals surface area contributed by atoms with E-state index in [1.54, 1.807) is 7.11 Å². The Bertz CT molecular complexity index is 670. The summed E-state index contributed by atoms with van der Waals surface area (Å²) in [6, 6.07) is 5.57. The average molecular weight is 360 g/mol. The molecule has 3 aliphatic rings. The number of hydrogen-bond donors (Lipinski definition) is 0. The molecule has 1 amide bonds. The third-order valence-corrected chi connectivity index (χ3v) is 6.19. The van der Waals surface area contributed by atoms with Crippen LogP contribution in [0.5, 0.6) is 11.5 Å². The molecule has 2 saturated heterocycles. The van der Waals surface area contributed by atoms with E-state index < -0.39 is 0 Å². The number of fused-ring (bicyclic) bond motifs is 1. The van der Waals surface area contributed by atoms with Crippen molar-refractivity contribution in [1.82, 2.24) is 9.80 Å². The standard InChI is InChI=1S/C20H28N2O4/c1-21-12-15(13-24-2)20(14-21)6-8-22(9-7-20)19(23)16-4-3-5-17-18(16)26-11-10-25-17/h3-5,15H,6-14H2,1-2H3/t15-/m0/s1. The van der Waals surface area contributed by atoms with Crippen molar-refractivity contribution in [2.24, 2.45) is 11.3 Å². The Kier molecular flexibility index (Phi) is 4.80. The van der Waals surface area contributed by atoms with E-state index in [2.05, 4.69) is 11.9 Å². The summed E-state index contributed by atoms with van der Waals surface area (Å²) in [6.07, 6.45) is 2.06. The van der Waals surface area contributed by atoms with E-state index >= 15 is 0 Å². The second kappa shape index (κ2) is 7.08. The minimum atomic E-state index is 0.0526. The number of likely N-dealkylation sites (tertiary alicyclic amines) is 2. The smallest absolute Gasteiger partial charge is 0.257 e. The third-order valence-electron chi connectivity index (χ3n) is 6.19. The van der Waals surface area contributed by atoms with Crippen molar-refractivity contribution < 1.29 is 19.0 Å². The van der Waals surface area contributed by atoms with Crippen LogP contribution in [0, 0.1) is 11.3 Å². The molecule has 1 spiro atoms. The minimum Gasteiger partial charge on any atom is -0.486 e. The molecule has 0 bridgehead atoms. The van der Waals surface area contributed by atoms with Crippen LogP contribution in [0.15, 0.2) is 18.2 Å². The van der Waals surface area contributed by atoms with E-state index in [-0.39, 0.29) is 11.3 Å². The average Bonchev–Trinajstić information content (AvgIpc) is 2.96. The zero-order valence-corrected chi connectivity index (χ0v) is 15.7. The van der Waals surface area contributed by atoms with Gasteiger partial charge in [-0.3, -0.25) is 4.79 Å². The number of rotatable bonds is 3. The Morgan fingerprint density at radius 1 is 1.27 bits per heavy atom. The van der Waals surface area contributed by atoms with Gasteiger partial charge in [0.05, 0.1) is 12.2 Å². The Morgan fingerprint density at radius 3 is 2.81 bits per heavy atom. The highest BCUT2D eigenvalue weighted by molar-refractivity contribution is 5.98. The fraction of sp³-hybridized carbons (Fsp3) is 0.650. The maximum Gasteiger partial charge on any atom is 0.257 e. The lowest BCUT2D eigenvalue weighted by Gasteiger charge is -2.42. The Hall–Kier alpha value is -1.79. The minimum absolute atomic E-state index is 0.0526. The molecular formula is C20H28N2O4. The van der Waals surface area contributed by atoms with E-state index in [1.165, 1.54) is 0 Å². The summed E-state index contributed by atoms with van der Waals surface area (Å²) in [6.45, 7) is 5.58. The molecule has 1 atom stereocenters. The molecule has 1 aromatic carbocycles. The van der Waals surface area contributed by atoms with Gasteiger partial charge in [-0.1, -0.05) is 6.07 Å². The summed E-state index contributed by atoms with van der Waals surface area (Å²) in [5, 5.41) is 0. The highest BCUT2D eigenvalue weighted by Crippen LogP contribution is 2.45. The topological polar surface area (TPSA) is 51.2 Å². The fourth-order valence-corrected chi connectivity index (χ4v) is 4.87. The molecule has 0 aromatic heterocycles. The lowest BCUT2D eigenvalue weighted by atomic mass is 9.71. The van der Waals surface area contributed by atoms with Crippen molar-refractivity contribution in [2.75, 3.05) is 60.2 Å². The first-order valence-electron chi connectivity index (χ1n) is 9.48. The Morgan fingerprint density at radius 2 is 2.04 bits per heavy atom. The molecule has 4 rings (SSSR count). The summed E-state index contributed by atoms with van der Waals surface area (Å²) in [5.74, 6) is 1.88. The van der Waals surface area contributed by atoms with Gasteiger partial charge in [0.15, 0.2) is 11.5 Å². The van der Waals surface area contributed by atoms with Crippen molar-refractivity contribution in [3.63, 3.8) is 0 Å². The number of methoxy groups -OCH3 is 1. The third kappa shape index (κ3) is 3.05. The number of amides is 1. The predicted octanol–water partition coefficient (Wildman–Crippen LogP) is 1.89. The van der Waals surface area contributed by atoms with Crippen molar-refractivity contribution in [1.29, 1.82) is 0 Å². The summed E-state index contributed by atoms with van der Waals surface area (Å²) in [7, 11) is 3.97. The summed E-state index contributed by atoms with van der Waals surface area (Å²) < 4.78 is 16.8. The fourth-order valence-electron chi connectivity index (χ4n) is 4.87. The first kappa shape index (κ1) is 17.6. The van der Waals surface area contributed by atoms with Crippen LogP contribution in [0.25, 0.3) is 0 Å². The molecule has 0 N–H and O–H groups in total. The molecule has 3 heterocycles. The molecule has 0 aliphatic carbocycles. The lowest BCUT2D eigenvalue weighted by molar-refractivity contribution is 0.0321. The van der Waals surface area contributed by atoms with Gasteiger partial charge in [0.1, 0.15) is 13.2 Å². The number of carbonyl (C=O) groups is 1. The van der Waals surface area contributed by atoms with E-state index in [0.717, 1.165) is 45.6 Å². The maximum atomic E-state index is 13.1. The molecule has 6 nitrogen and oxygen atoms in total. The van der Waals surface area contributed by atoms with E-state index in [1.807, 2.05) is 23.1 Å². The zero-order chi connectivity index (χ0) is 18.1. The van der Waals surface area contributed by atoms with Crippen LogP contribution in [0.1, 0.15) is 23.2 Å². The number of carbonyl (C=O) groups excluding carboxylic acids is 1. The van der Waals surface area contributed by atoms with Crippen LogP contribution in [-0.4, -0.2) is 75.9 Å². The molecule has 0 saturated carbocycles. The van der Waals surface area contributed by atoms with E-state index in [4.69, 9.17) is 14.2 Å². The molecule has 2 fully saturated rings. The number of hydrogen-bond acceptors (Lipinski definition) is 5. The Balaban J connectivity index is 1.48.